The number of nitrogens with one attached hydrogen (secondary N) is 2. The SMILES string of the molecule is OCCNC(=S)Nc1cccc2ccoc12. The molecule has 3 N–H and O–H groups in total. The van der Waals surface area contributed by atoms with E-state index < -0.39 is 0 Å². The molecule has 0 aliphatic heterocycles. The van der Waals surface area contributed by atoms with Gasteiger partial charge >= 0.3 is 0 Å². The average molecular weight is 236 g/mol. The monoisotopic (exact) mass is 236 g/mol. The summed E-state index contributed by atoms with van der Waals surface area (Å²) >= 11 is 5.06. The number of fused-ring (bicyclic) bond motifs is 1. The van der Waals surface area contributed by atoms with Crippen LogP contribution in [-0.2, 0) is 0 Å². The molecule has 0 amide bonds. The third kappa shape index (κ3) is 2.32. The standard InChI is InChI=1S/C11H12N2O2S/c14-6-5-12-11(16)13-9-3-1-2-8-4-7-15-10(8)9/h1-4,7,14H,5-6H2,(H2,12,13,16). The third-order valence-electron chi connectivity index (χ3n) is 2.12. The van der Waals surface area contributed by atoms with Gasteiger partial charge in [-0.3, -0.25) is 0 Å². The second-order valence-corrected chi connectivity index (χ2v) is 3.66. The Kier molecular flexibility index (Phi) is 3.38. The minimum absolute atomic E-state index is 0.0484. The zero-order valence-corrected chi connectivity index (χ0v) is 9.38. The number of rotatable bonds is 3. The van der Waals surface area contributed by atoms with Crippen molar-refractivity contribution in [3.63, 3.8) is 0 Å². The van der Waals surface area contributed by atoms with E-state index in [0.717, 1.165) is 16.7 Å². The lowest BCUT2D eigenvalue weighted by molar-refractivity contribution is 0.301. The first-order chi connectivity index (χ1) is 7.81. The summed E-state index contributed by atoms with van der Waals surface area (Å²) in [5.74, 6) is 0. The van der Waals surface area contributed by atoms with E-state index in [-0.39, 0.29) is 6.61 Å². The maximum absolute atomic E-state index is 8.65. The topological polar surface area (TPSA) is 57.4 Å². The molecule has 5 heteroatoms. The first-order valence-corrected chi connectivity index (χ1v) is 5.34. The predicted molar refractivity (Wildman–Crippen MR) is 67.5 cm³/mol. The van der Waals surface area contributed by atoms with Crippen LogP contribution in [0.15, 0.2) is 34.9 Å². The average Bonchev–Trinajstić information content (AvgIpc) is 2.75. The van der Waals surface area contributed by atoms with Crippen LogP contribution < -0.4 is 10.6 Å². The van der Waals surface area contributed by atoms with E-state index in [9.17, 15) is 0 Å². The Labute approximate surface area is 98.3 Å². The quantitative estimate of drug-likeness (QED) is 0.708. The predicted octanol–water partition coefficient (Wildman–Crippen LogP) is 1.71. The Morgan fingerprint density at radius 1 is 1.38 bits per heavy atom. The highest BCUT2D eigenvalue weighted by molar-refractivity contribution is 7.80. The van der Waals surface area contributed by atoms with Crippen LogP contribution in [0.2, 0.25) is 0 Å². The van der Waals surface area contributed by atoms with E-state index in [2.05, 4.69) is 10.6 Å². The van der Waals surface area contributed by atoms with Gasteiger partial charge in [0.15, 0.2) is 10.7 Å². The molecule has 0 radical (unpaired) electrons. The van der Waals surface area contributed by atoms with Crippen molar-refractivity contribution >= 4 is 34.0 Å². The molecule has 0 saturated carbocycles. The van der Waals surface area contributed by atoms with Gasteiger partial charge < -0.3 is 20.2 Å². The summed E-state index contributed by atoms with van der Waals surface area (Å²) in [5.41, 5.74) is 1.59. The van der Waals surface area contributed by atoms with Crippen LogP contribution in [0.25, 0.3) is 11.0 Å². The van der Waals surface area contributed by atoms with Crippen LogP contribution in [0.4, 0.5) is 5.69 Å². The molecule has 16 heavy (non-hydrogen) atoms. The summed E-state index contributed by atoms with van der Waals surface area (Å²) in [6, 6.07) is 7.67. The lowest BCUT2D eigenvalue weighted by Crippen LogP contribution is -2.30. The van der Waals surface area contributed by atoms with E-state index >= 15 is 0 Å². The minimum atomic E-state index is 0.0484. The largest absolute Gasteiger partial charge is 0.462 e. The molecule has 0 atom stereocenters. The van der Waals surface area contributed by atoms with Crippen molar-refractivity contribution in [3.8, 4) is 0 Å². The van der Waals surface area contributed by atoms with Gasteiger partial charge in [-0.25, -0.2) is 0 Å². The summed E-state index contributed by atoms with van der Waals surface area (Å²) in [7, 11) is 0. The maximum atomic E-state index is 8.65. The summed E-state index contributed by atoms with van der Waals surface area (Å²) in [6.45, 7) is 0.479. The number of benzene rings is 1. The molecule has 0 spiro atoms. The highest BCUT2D eigenvalue weighted by Crippen LogP contribution is 2.23. The van der Waals surface area contributed by atoms with Gasteiger partial charge in [-0.2, -0.15) is 0 Å². The Hall–Kier alpha value is -1.59. The molecule has 2 rings (SSSR count). The van der Waals surface area contributed by atoms with Crippen molar-refractivity contribution in [1.82, 2.24) is 5.32 Å². The zero-order chi connectivity index (χ0) is 11.4. The summed E-state index contributed by atoms with van der Waals surface area (Å²) < 4.78 is 5.36. The summed E-state index contributed by atoms with van der Waals surface area (Å²) in [5, 5.41) is 16.0. The number of hydrogen-bond donors (Lipinski definition) is 3. The third-order valence-corrected chi connectivity index (χ3v) is 2.37. The van der Waals surface area contributed by atoms with Crippen LogP contribution in [0.5, 0.6) is 0 Å². The molecule has 1 heterocycles. The fourth-order valence-electron chi connectivity index (χ4n) is 1.43. The van der Waals surface area contributed by atoms with Gasteiger partial charge in [-0.15, -0.1) is 0 Å². The molecule has 0 aliphatic carbocycles. The van der Waals surface area contributed by atoms with Crippen molar-refractivity contribution in [2.24, 2.45) is 0 Å². The molecule has 4 nitrogen and oxygen atoms in total. The number of anilines is 1. The first-order valence-electron chi connectivity index (χ1n) is 4.93. The molecular formula is C11H12N2O2S. The van der Waals surface area contributed by atoms with E-state index in [1.807, 2.05) is 24.3 Å². The van der Waals surface area contributed by atoms with Crippen LogP contribution in [-0.4, -0.2) is 23.4 Å². The Morgan fingerprint density at radius 2 is 2.25 bits per heavy atom. The van der Waals surface area contributed by atoms with Crippen molar-refractivity contribution in [2.45, 2.75) is 0 Å². The van der Waals surface area contributed by atoms with Crippen LogP contribution in [0, 0.1) is 0 Å². The van der Waals surface area contributed by atoms with Gasteiger partial charge in [0.1, 0.15) is 0 Å². The Balaban J connectivity index is 2.14. The number of para-hydroxylation sites is 1. The molecule has 84 valence electrons. The van der Waals surface area contributed by atoms with E-state index in [1.165, 1.54) is 0 Å². The second-order valence-electron chi connectivity index (χ2n) is 3.25. The Bertz CT molecular complexity index is 495. The van der Waals surface area contributed by atoms with Crippen LogP contribution in [0.1, 0.15) is 0 Å². The van der Waals surface area contributed by atoms with Gasteiger partial charge in [-0.05, 0) is 24.4 Å². The minimum Gasteiger partial charge on any atom is -0.462 e. The summed E-state index contributed by atoms with van der Waals surface area (Å²) in [4.78, 5) is 0. The molecule has 0 bridgehead atoms. The molecule has 0 aliphatic rings. The number of furan rings is 1. The highest BCUT2D eigenvalue weighted by Gasteiger charge is 2.04. The fraction of sp³-hybridized carbons (Fsp3) is 0.182. The smallest absolute Gasteiger partial charge is 0.170 e. The normalized spacial score (nSPS) is 10.3. The molecule has 2 aromatic rings. The Morgan fingerprint density at radius 3 is 3.06 bits per heavy atom. The van der Waals surface area contributed by atoms with Crippen LogP contribution >= 0.6 is 12.2 Å². The molecule has 1 aromatic carbocycles. The van der Waals surface area contributed by atoms with Gasteiger partial charge in [0.05, 0.1) is 18.6 Å². The molecule has 1 aromatic heterocycles. The van der Waals surface area contributed by atoms with Crippen molar-refractivity contribution in [2.75, 3.05) is 18.5 Å². The number of aliphatic hydroxyl groups is 1. The maximum Gasteiger partial charge on any atom is 0.170 e. The van der Waals surface area contributed by atoms with Crippen molar-refractivity contribution < 1.29 is 9.52 Å². The fourth-order valence-corrected chi connectivity index (χ4v) is 1.64. The van der Waals surface area contributed by atoms with Gasteiger partial charge in [0, 0.05) is 11.9 Å². The van der Waals surface area contributed by atoms with Crippen molar-refractivity contribution in [3.05, 3.63) is 30.5 Å². The number of aliphatic hydroxyl groups excluding tert-OH is 1. The zero-order valence-electron chi connectivity index (χ0n) is 8.56. The lowest BCUT2D eigenvalue weighted by atomic mass is 10.2. The summed E-state index contributed by atoms with van der Waals surface area (Å²) in [6.07, 6.45) is 1.64. The van der Waals surface area contributed by atoms with Crippen LogP contribution in [0.3, 0.4) is 0 Å². The first kappa shape index (κ1) is 10.9. The second kappa shape index (κ2) is 4.96. The molecule has 0 unspecified atom stereocenters. The van der Waals surface area contributed by atoms with Gasteiger partial charge in [0.25, 0.3) is 0 Å². The van der Waals surface area contributed by atoms with Gasteiger partial charge in [0.2, 0.25) is 0 Å². The molecular weight excluding hydrogens is 224 g/mol. The van der Waals surface area contributed by atoms with E-state index in [0.29, 0.717) is 11.7 Å². The van der Waals surface area contributed by atoms with Crippen molar-refractivity contribution in [1.29, 1.82) is 0 Å². The number of hydrogen-bond acceptors (Lipinski definition) is 3. The van der Waals surface area contributed by atoms with E-state index in [4.69, 9.17) is 21.7 Å². The van der Waals surface area contributed by atoms with Gasteiger partial charge in [-0.1, -0.05) is 12.1 Å². The number of thiocarbonyl (C=S) groups is 1. The lowest BCUT2D eigenvalue weighted by Gasteiger charge is -2.09. The molecule has 0 fully saturated rings. The highest BCUT2D eigenvalue weighted by atomic mass is 32.1. The molecule has 0 saturated heterocycles. The van der Waals surface area contributed by atoms with E-state index in [1.54, 1.807) is 6.26 Å².